The number of carbonyl (C=O) groups excluding carboxylic acids is 1. The van der Waals surface area contributed by atoms with Crippen molar-refractivity contribution in [2.45, 2.75) is 6.92 Å². The van der Waals surface area contributed by atoms with E-state index in [0.717, 1.165) is 12.1 Å². The number of carbonyl (C=O) groups is 1. The second-order valence-corrected chi connectivity index (χ2v) is 4.84. The van der Waals surface area contributed by atoms with Crippen LogP contribution in [0.2, 0.25) is 0 Å². The first-order valence-corrected chi connectivity index (χ1v) is 6.89. The summed E-state index contributed by atoms with van der Waals surface area (Å²) >= 11 is 0. The molecule has 0 atom stereocenters. The number of ether oxygens (including phenoxy) is 1. The summed E-state index contributed by atoms with van der Waals surface area (Å²) < 4.78 is 37.2. The van der Waals surface area contributed by atoms with Crippen LogP contribution in [0.15, 0.2) is 40.8 Å². The van der Waals surface area contributed by atoms with Gasteiger partial charge in [0.2, 0.25) is 0 Å². The van der Waals surface area contributed by atoms with Gasteiger partial charge < -0.3 is 14.3 Å². The predicted octanol–water partition coefficient (Wildman–Crippen LogP) is 4.26. The maximum atomic E-state index is 13.5. The first-order valence-electron chi connectivity index (χ1n) is 6.89. The third-order valence-corrected chi connectivity index (χ3v) is 3.33. The standard InChI is InChI=1S/C17H12F2O4/c1-2-22-17(21)15-11-8-10(20)4-6-14(11)23-16(15)9-3-5-12(18)13(19)7-9/h3-8,20H,2H2,1H3. The second-order valence-electron chi connectivity index (χ2n) is 4.84. The summed E-state index contributed by atoms with van der Waals surface area (Å²) in [6.07, 6.45) is 0. The van der Waals surface area contributed by atoms with Gasteiger partial charge in [0.1, 0.15) is 22.7 Å². The number of aromatic hydroxyl groups is 1. The first-order chi connectivity index (χ1) is 11.0. The van der Waals surface area contributed by atoms with E-state index in [1.54, 1.807) is 6.92 Å². The quantitative estimate of drug-likeness (QED) is 0.733. The summed E-state index contributed by atoms with van der Waals surface area (Å²) in [6.45, 7) is 1.79. The molecule has 0 spiro atoms. The van der Waals surface area contributed by atoms with E-state index in [9.17, 15) is 18.7 Å². The average molecular weight is 318 g/mol. The van der Waals surface area contributed by atoms with Crippen molar-refractivity contribution in [2.24, 2.45) is 0 Å². The smallest absolute Gasteiger partial charge is 0.342 e. The van der Waals surface area contributed by atoms with Gasteiger partial charge in [-0.1, -0.05) is 0 Å². The minimum Gasteiger partial charge on any atom is -0.508 e. The van der Waals surface area contributed by atoms with Crippen LogP contribution in [0.5, 0.6) is 5.75 Å². The Balaban J connectivity index is 2.28. The highest BCUT2D eigenvalue weighted by atomic mass is 19.2. The Morgan fingerprint density at radius 1 is 1.17 bits per heavy atom. The fraction of sp³-hybridized carbons (Fsp3) is 0.118. The van der Waals surface area contributed by atoms with Crippen LogP contribution in [-0.4, -0.2) is 17.7 Å². The van der Waals surface area contributed by atoms with E-state index in [2.05, 4.69) is 0 Å². The molecular formula is C17H12F2O4. The zero-order valence-corrected chi connectivity index (χ0v) is 12.1. The molecule has 0 saturated heterocycles. The number of hydrogen-bond donors (Lipinski definition) is 1. The van der Waals surface area contributed by atoms with Crippen molar-refractivity contribution in [1.29, 1.82) is 0 Å². The number of esters is 1. The molecule has 3 aromatic rings. The Kier molecular flexibility index (Phi) is 3.73. The molecule has 118 valence electrons. The number of fused-ring (bicyclic) bond motifs is 1. The van der Waals surface area contributed by atoms with Gasteiger partial charge in [-0.3, -0.25) is 0 Å². The van der Waals surface area contributed by atoms with E-state index in [-0.39, 0.29) is 29.2 Å². The van der Waals surface area contributed by atoms with Gasteiger partial charge in [0.05, 0.1) is 6.61 Å². The summed E-state index contributed by atoms with van der Waals surface area (Å²) in [4.78, 5) is 12.2. The molecule has 2 aromatic carbocycles. The number of benzene rings is 2. The van der Waals surface area contributed by atoms with Gasteiger partial charge in [-0.2, -0.15) is 0 Å². The van der Waals surface area contributed by atoms with Crippen LogP contribution in [0.4, 0.5) is 8.78 Å². The lowest BCUT2D eigenvalue weighted by atomic mass is 10.1. The molecule has 0 unspecified atom stereocenters. The number of phenols is 1. The fourth-order valence-corrected chi connectivity index (χ4v) is 2.33. The van der Waals surface area contributed by atoms with Crippen molar-refractivity contribution in [2.75, 3.05) is 6.61 Å². The molecule has 1 aromatic heterocycles. The Hall–Kier alpha value is -2.89. The van der Waals surface area contributed by atoms with Gasteiger partial charge in [-0.25, -0.2) is 13.6 Å². The van der Waals surface area contributed by atoms with Crippen molar-refractivity contribution in [3.05, 3.63) is 53.6 Å². The monoisotopic (exact) mass is 318 g/mol. The first kappa shape index (κ1) is 15.0. The van der Waals surface area contributed by atoms with Crippen LogP contribution in [0.1, 0.15) is 17.3 Å². The Bertz CT molecular complexity index is 899. The summed E-state index contributed by atoms with van der Waals surface area (Å²) in [6, 6.07) is 7.43. The van der Waals surface area contributed by atoms with Gasteiger partial charge in [0.25, 0.3) is 0 Å². The lowest BCUT2D eigenvalue weighted by molar-refractivity contribution is 0.0528. The summed E-state index contributed by atoms with van der Waals surface area (Å²) in [5.41, 5.74) is 0.581. The molecule has 0 radical (unpaired) electrons. The van der Waals surface area contributed by atoms with Crippen molar-refractivity contribution in [3.63, 3.8) is 0 Å². The number of rotatable bonds is 3. The molecule has 1 heterocycles. The highest BCUT2D eigenvalue weighted by molar-refractivity contribution is 6.09. The molecule has 0 fully saturated rings. The van der Waals surface area contributed by atoms with Crippen molar-refractivity contribution >= 4 is 16.9 Å². The molecule has 3 rings (SSSR count). The molecule has 0 bridgehead atoms. The van der Waals surface area contributed by atoms with E-state index in [4.69, 9.17) is 9.15 Å². The number of furan rings is 1. The topological polar surface area (TPSA) is 59.7 Å². The highest BCUT2D eigenvalue weighted by Crippen LogP contribution is 2.36. The van der Waals surface area contributed by atoms with Crippen LogP contribution >= 0.6 is 0 Å². The van der Waals surface area contributed by atoms with Gasteiger partial charge >= 0.3 is 5.97 Å². The molecule has 6 heteroatoms. The molecule has 4 nitrogen and oxygen atoms in total. The fourth-order valence-electron chi connectivity index (χ4n) is 2.33. The molecule has 0 aliphatic heterocycles. The average Bonchev–Trinajstić information content (AvgIpc) is 2.88. The van der Waals surface area contributed by atoms with Gasteiger partial charge in [-0.15, -0.1) is 0 Å². The van der Waals surface area contributed by atoms with Crippen LogP contribution in [-0.2, 0) is 4.74 Å². The zero-order valence-electron chi connectivity index (χ0n) is 12.1. The maximum absolute atomic E-state index is 13.5. The molecule has 1 N–H and O–H groups in total. The van der Waals surface area contributed by atoms with E-state index in [1.807, 2.05) is 0 Å². The lowest BCUT2D eigenvalue weighted by Gasteiger charge is -2.04. The largest absolute Gasteiger partial charge is 0.508 e. The molecular weight excluding hydrogens is 306 g/mol. The highest BCUT2D eigenvalue weighted by Gasteiger charge is 2.24. The molecule has 0 aliphatic rings. The van der Waals surface area contributed by atoms with Crippen LogP contribution in [0.25, 0.3) is 22.3 Å². The van der Waals surface area contributed by atoms with Gasteiger partial charge in [-0.05, 0) is 43.3 Å². The molecule has 0 aliphatic carbocycles. The Labute approximate surface area is 129 Å². The van der Waals surface area contributed by atoms with E-state index in [1.165, 1.54) is 24.3 Å². The number of hydrogen-bond acceptors (Lipinski definition) is 4. The normalized spacial score (nSPS) is 10.9. The van der Waals surface area contributed by atoms with Crippen molar-refractivity contribution in [1.82, 2.24) is 0 Å². The zero-order chi connectivity index (χ0) is 16.6. The minimum atomic E-state index is -1.05. The Morgan fingerprint density at radius 2 is 1.96 bits per heavy atom. The number of halogens is 2. The van der Waals surface area contributed by atoms with Crippen molar-refractivity contribution in [3.8, 4) is 17.1 Å². The predicted molar refractivity (Wildman–Crippen MR) is 79.2 cm³/mol. The van der Waals surface area contributed by atoms with E-state index >= 15 is 0 Å². The Morgan fingerprint density at radius 3 is 2.65 bits per heavy atom. The van der Waals surface area contributed by atoms with Gasteiger partial charge in [0.15, 0.2) is 11.6 Å². The summed E-state index contributed by atoms with van der Waals surface area (Å²) in [7, 11) is 0. The molecule has 0 amide bonds. The van der Waals surface area contributed by atoms with Crippen LogP contribution in [0.3, 0.4) is 0 Å². The lowest BCUT2D eigenvalue weighted by Crippen LogP contribution is -2.05. The van der Waals surface area contributed by atoms with Crippen molar-refractivity contribution < 1.29 is 27.8 Å². The summed E-state index contributed by atoms with van der Waals surface area (Å²) in [5, 5.41) is 9.96. The van der Waals surface area contributed by atoms with Crippen LogP contribution in [0, 0.1) is 11.6 Å². The molecule has 23 heavy (non-hydrogen) atoms. The third kappa shape index (κ3) is 2.63. The minimum absolute atomic E-state index is 0.0549. The second kappa shape index (κ2) is 5.72. The third-order valence-electron chi connectivity index (χ3n) is 3.33. The molecule has 0 saturated carbocycles. The number of phenolic OH excluding ortho intramolecular Hbond substituents is 1. The van der Waals surface area contributed by atoms with Crippen LogP contribution < -0.4 is 0 Å². The van der Waals surface area contributed by atoms with Gasteiger partial charge in [0, 0.05) is 10.9 Å². The SMILES string of the molecule is CCOC(=O)c1c(-c2ccc(F)c(F)c2)oc2ccc(O)cc12. The van der Waals surface area contributed by atoms with E-state index < -0.39 is 17.6 Å². The summed E-state index contributed by atoms with van der Waals surface area (Å²) in [5.74, 6) is -2.72. The van der Waals surface area contributed by atoms with E-state index in [0.29, 0.717) is 11.0 Å². The maximum Gasteiger partial charge on any atom is 0.342 e.